The van der Waals surface area contributed by atoms with E-state index in [9.17, 15) is 13.2 Å². The summed E-state index contributed by atoms with van der Waals surface area (Å²) in [5.41, 5.74) is 1.25. The monoisotopic (exact) mass is 445 g/mol. The molecule has 0 aliphatic heterocycles. The predicted octanol–water partition coefficient (Wildman–Crippen LogP) is 2.90. The van der Waals surface area contributed by atoms with Gasteiger partial charge in [-0.05, 0) is 43.2 Å². The number of sulfonamides is 1. The van der Waals surface area contributed by atoms with E-state index in [1.54, 1.807) is 18.3 Å². The molecular formula is C21H27N5O4S. The molecule has 1 saturated carbocycles. The molecule has 0 radical (unpaired) electrons. The van der Waals surface area contributed by atoms with Crippen LogP contribution in [0, 0.1) is 0 Å². The second-order valence-corrected chi connectivity index (χ2v) is 9.46. The Labute approximate surface area is 180 Å². The van der Waals surface area contributed by atoms with E-state index in [2.05, 4.69) is 15.0 Å². The number of rotatable bonds is 8. The maximum absolute atomic E-state index is 12.5. The van der Waals surface area contributed by atoms with E-state index in [0.29, 0.717) is 23.5 Å². The maximum atomic E-state index is 12.5. The van der Waals surface area contributed by atoms with E-state index >= 15 is 0 Å². The Kier molecular flexibility index (Phi) is 6.40. The molecule has 1 aliphatic carbocycles. The highest BCUT2D eigenvalue weighted by Gasteiger charge is 2.22. The molecule has 0 bridgehead atoms. The van der Waals surface area contributed by atoms with Crippen molar-refractivity contribution in [2.24, 2.45) is 0 Å². The molecule has 9 nitrogen and oxygen atoms in total. The molecule has 0 amide bonds. The van der Waals surface area contributed by atoms with Crippen LogP contribution in [-0.2, 0) is 14.8 Å². The lowest BCUT2D eigenvalue weighted by molar-refractivity contribution is 0.204. The van der Waals surface area contributed by atoms with Crippen molar-refractivity contribution in [2.45, 2.75) is 43.0 Å². The third-order valence-electron chi connectivity index (χ3n) is 5.58. The van der Waals surface area contributed by atoms with Crippen molar-refractivity contribution in [2.75, 3.05) is 25.6 Å². The van der Waals surface area contributed by atoms with Crippen LogP contribution in [0.25, 0.3) is 10.9 Å². The number of fused-ring (bicyclic) bond motifs is 1. The summed E-state index contributed by atoms with van der Waals surface area (Å²) in [6.07, 6.45) is 7.29. The van der Waals surface area contributed by atoms with E-state index in [1.165, 1.54) is 25.7 Å². The lowest BCUT2D eigenvalue weighted by atomic mass is 9.95. The number of hydrogen-bond donors (Lipinski definition) is 3. The summed E-state index contributed by atoms with van der Waals surface area (Å²) < 4.78 is 34.0. The number of pyridine rings is 1. The molecule has 2 heterocycles. The zero-order chi connectivity index (χ0) is 21.8. The first-order valence-electron chi connectivity index (χ1n) is 10.5. The van der Waals surface area contributed by atoms with Crippen LogP contribution in [0.5, 0.6) is 0 Å². The fourth-order valence-electron chi connectivity index (χ4n) is 4.01. The second-order valence-electron chi connectivity index (χ2n) is 7.69. The van der Waals surface area contributed by atoms with E-state index in [0.717, 1.165) is 31.2 Å². The molecule has 3 N–H and O–H groups in total. The Morgan fingerprint density at radius 2 is 1.90 bits per heavy atom. The van der Waals surface area contributed by atoms with Gasteiger partial charge in [0.1, 0.15) is 5.39 Å². The van der Waals surface area contributed by atoms with Gasteiger partial charge in [-0.2, -0.15) is 5.10 Å². The number of anilines is 2. The number of aromatic nitrogens is 3. The van der Waals surface area contributed by atoms with Gasteiger partial charge in [-0.1, -0.05) is 19.3 Å². The Morgan fingerprint density at radius 1 is 1.16 bits per heavy atom. The van der Waals surface area contributed by atoms with Crippen molar-refractivity contribution in [3.8, 4) is 0 Å². The molecule has 0 atom stereocenters. The summed E-state index contributed by atoms with van der Waals surface area (Å²) in [5, 5.41) is 8.43. The van der Waals surface area contributed by atoms with E-state index < -0.39 is 10.0 Å². The molecule has 1 aliphatic rings. The van der Waals surface area contributed by atoms with Crippen LogP contribution in [0.3, 0.4) is 0 Å². The van der Waals surface area contributed by atoms with Crippen molar-refractivity contribution < 1.29 is 13.2 Å². The molecule has 166 valence electrons. The highest BCUT2D eigenvalue weighted by Crippen LogP contribution is 2.32. The molecule has 2 aromatic heterocycles. The average Bonchev–Trinajstić information content (AvgIpc) is 3.14. The molecule has 0 saturated heterocycles. The van der Waals surface area contributed by atoms with Crippen molar-refractivity contribution in [1.82, 2.24) is 19.5 Å². The quantitative estimate of drug-likeness (QED) is 0.459. The van der Waals surface area contributed by atoms with Gasteiger partial charge >= 0.3 is 0 Å². The Bertz CT molecular complexity index is 1190. The number of H-pyrrole nitrogens is 1. The van der Waals surface area contributed by atoms with Crippen molar-refractivity contribution >= 4 is 32.4 Å². The van der Waals surface area contributed by atoms with Gasteiger partial charge in [-0.15, -0.1) is 0 Å². The number of aromatic amines is 1. The fraction of sp³-hybridized carbons (Fsp3) is 0.429. The summed E-state index contributed by atoms with van der Waals surface area (Å²) in [4.78, 5) is 15.4. The Balaban J connectivity index is 1.61. The Hall–Kier alpha value is -2.69. The van der Waals surface area contributed by atoms with E-state index in [4.69, 9.17) is 9.84 Å². The summed E-state index contributed by atoms with van der Waals surface area (Å²) in [7, 11) is -2.09. The van der Waals surface area contributed by atoms with E-state index in [-0.39, 0.29) is 23.0 Å². The van der Waals surface area contributed by atoms with Gasteiger partial charge in [0.25, 0.3) is 5.56 Å². The standard InChI is InChI=1S/C21H27N5O4S/c1-30-14-13-23-31(28,29)17-9-7-15(8-10-17)24-20-19-18(11-12-22-21(19)27)26(25-20)16-5-3-2-4-6-16/h7-12,16,23H,2-6,13-14H2,1H3,(H,22,27)(H,24,25). The summed E-state index contributed by atoms with van der Waals surface area (Å²) in [5.74, 6) is 0.469. The third-order valence-corrected chi connectivity index (χ3v) is 7.05. The Morgan fingerprint density at radius 3 is 2.61 bits per heavy atom. The average molecular weight is 446 g/mol. The first kappa shape index (κ1) is 21.5. The van der Waals surface area contributed by atoms with Gasteiger partial charge < -0.3 is 15.0 Å². The van der Waals surface area contributed by atoms with Crippen molar-refractivity contribution in [3.05, 3.63) is 46.9 Å². The largest absolute Gasteiger partial charge is 0.383 e. The van der Waals surface area contributed by atoms with Gasteiger partial charge in [0, 0.05) is 25.5 Å². The van der Waals surface area contributed by atoms with Gasteiger partial charge in [0.15, 0.2) is 5.82 Å². The van der Waals surface area contributed by atoms with Crippen LogP contribution >= 0.6 is 0 Å². The van der Waals surface area contributed by atoms with Gasteiger partial charge in [0.2, 0.25) is 10.0 Å². The van der Waals surface area contributed by atoms with Crippen LogP contribution in [0.1, 0.15) is 38.1 Å². The molecule has 31 heavy (non-hydrogen) atoms. The van der Waals surface area contributed by atoms with Gasteiger partial charge in [-0.3, -0.25) is 9.48 Å². The fourth-order valence-corrected chi connectivity index (χ4v) is 5.02. The van der Waals surface area contributed by atoms with Crippen LogP contribution in [0.4, 0.5) is 11.5 Å². The summed E-state index contributed by atoms with van der Waals surface area (Å²) >= 11 is 0. The highest BCUT2D eigenvalue weighted by atomic mass is 32.2. The molecule has 1 aromatic carbocycles. The third kappa shape index (κ3) is 4.65. The van der Waals surface area contributed by atoms with Crippen LogP contribution in [0.2, 0.25) is 0 Å². The lowest BCUT2D eigenvalue weighted by Gasteiger charge is -2.22. The number of nitrogens with one attached hydrogen (secondary N) is 3. The number of benzene rings is 1. The van der Waals surface area contributed by atoms with Crippen molar-refractivity contribution in [3.63, 3.8) is 0 Å². The van der Waals surface area contributed by atoms with Gasteiger partial charge in [0.05, 0.1) is 23.1 Å². The minimum atomic E-state index is -3.61. The number of hydrogen-bond acceptors (Lipinski definition) is 6. The van der Waals surface area contributed by atoms with Gasteiger partial charge in [-0.25, -0.2) is 13.1 Å². The summed E-state index contributed by atoms with van der Waals surface area (Å²) in [6, 6.07) is 8.51. The normalized spacial score (nSPS) is 15.4. The molecule has 0 spiro atoms. The van der Waals surface area contributed by atoms with Crippen LogP contribution in [-0.4, -0.2) is 43.4 Å². The number of methoxy groups -OCH3 is 1. The second kappa shape index (κ2) is 9.21. The van der Waals surface area contributed by atoms with Crippen LogP contribution < -0.4 is 15.6 Å². The topological polar surface area (TPSA) is 118 Å². The lowest BCUT2D eigenvalue weighted by Crippen LogP contribution is -2.27. The first-order valence-corrected chi connectivity index (χ1v) is 11.9. The molecule has 4 rings (SSSR count). The predicted molar refractivity (Wildman–Crippen MR) is 119 cm³/mol. The van der Waals surface area contributed by atoms with Crippen LogP contribution in [0.15, 0.2) is 46.2 Å². The molecule has 3 aromatic rings. The number of nitrogens with zero attached hydrogens (tertiary/aromatic N) is 2. The highest BCUT2D eigenvalue weighted by molar-refractivity contribution is 7.89. The SMILES string of the molecule is COCCNS(=O)(=O)c1ccc(Nc2nn(C3CCCCC3)c3cc[nH]c(=O)c23)cc1. The van der Waals surface area contributed by atoms with Crippen molar-refractivity contribution in [1.29, 1.82) is 0 Å². The molecule has 10 heteroatoms. The zero-order valence-corrected chi connectivity index (χ0v) is 18.2. The smallest absolute Gasteiger partial charge is 0.261 e. The molecule has 1 fully saturated rings. The minimum Gasteiger partial charge on any atom is -0.383 e. The zero-order valence-electron chi connectivity index (χ0n) is 17.4. The summed E-state index contributed by atoms with van der Waals surface area (Å²) in [6.45, 7) is 0.496. The number of ether oxygens (including phenoxy) is 1. The van der Waals surface area contributed by atoms with E-state index in [1.807, 2.05) is 10.7 Å². The molecular weight excluding hydrogens is 418 g/mol. The first-order chi connectivity index (χ1) is 15.0. The maximum Gasteiger partial charge on any atom is 0.261 e. The molecule has 0 unspecified atom stereocenters. The minimum absolute atomic E-state index is 0.157.